The third-order valence-corrected chi connectivity index (χ3v) is 4.94. The lowest BCUT2D eigenvalue weighted by atomic mass is 9.99. The maximum Gasteiger partial charge on any atom is 0.253 e. The largest absolute Gasteiger partial charge is 0.368 e. The predicted octanol–water partition coefficient (Wildman–Crippen LogP) is 2.13. The summed E-state index contributed by atoms with van der Waals surface area (Å²) >= 11 is 0. The first-order valence-corrected chi connectivity index (χ1v) is 9.19. The summed E-state index contributed by atoms with van der Waals surface area (Å²) in [5.74, 6) is -0.136. The van der Waals surface area contributed by atoms with Crippen LogP contribution >= 0.6 is 0 Å². The van der Waals surface area contributed by atoms with E-state index in [0.717, 1.165) is 36.2 Å². The van der Waals surface area contributed by atoms with Gasteiger partial charge in [0.05, 0.1) is 18.2 Å². The lowest BCUT2D eigenvalue weighted by Crippen LogP contribution is -2.35. The van der Waals surface area contributed by atoms with Gasteiger partial charge in [0.15, 0.2) is 0 Å². The molecule has 0 unspecified atom stereocenters. The van der Waals surface area contributed by atoms with Crippen LogP contribution in [0.5, 0.6) is 0 Å². The molecule has 2 aliphatic rings. The number of hydrogen-bond acceptors (Lipinski definition) is 4. The topological polar surface area (TPSA) is 87.3 Å². The molecule has 0 aliphatic carbocycles. The fraction of sp³-hybridized carbons (Fsp3) is 0.350. The molecule has 3 heterocycles. The summed E-state index contributed by atoms with van der Waals surface area (Å²) in [4.78, 5) is 33.4. The summed E-state index contributed by atoms with van der Waals surface area (Å²) < 4.78 is 5.43. The van der Waals surface area contributed by atoms with Crippen LogP contribution in [0.3, 0.4) is 0 Å². The van der Waals surface area contributed by atoms with Crippen LogP contribution in [0.4, 0.5) is 5.69 Å². The molecule has 0 spiro atoms. The quantitative estimate of drug-likeness (QED) is 0.812. The second-order valence-corrected chi connectivity index (χ2v) is 6.82. The van der Waals surface area contributed by atoms with E-state index in [1.165, 1.54) is 5.56 Å². The van der Waals surface area contributed by atoms with Crippen molar-refractivity contribution in [1.82, 2.24) is 14.9 Å². The van der Waals surface area contributed by atoms with Crippen molar-refractivity contribution in [3.8, 4) is 0 Å². The van der Waals surface area contributed by atoms with Gasteiger partial charge < -0.3 is 19.9 Å². The molecule has 1 aromatic heterocycles. The number of aromatic nitrogens is 2. The highest BCUT2D eigenvalue weighted by molar-refractivity contribution is 5.94. The fourth-order valence-electron chi connectivity index (χ4n) is 3.45. The SMILES string of the molecule is O=C(Nc1ccc2c(c1)CN(C(=O)/C=C/c1cnc[nH]1)CC2)[C@@H]1CCCO1. The minimum absolute atomic E-state index is 0.0379. The maximum absolute atomic E-state index is 12.5. The molecule has 4 rings (SSSR count). The molecule has 0 radical (unpaired) electrons. The number of anilines is 1. The molecule has 0 bridgehead atoms. The summed E-state index contributed by atoms with van der Waals surface area (Å²) in [5.41, 5.74) is 3.82. The molecule has 2 amide bonds. The number of rotatable bonds is 4. The van der Waals surface area contributed by atoms with Crippen LogP contribution in [-0.2, 0) is 27.3 Å². The molecule has 1 saturated heterocycles. The smallest absolute Gasteiger partial charge is 0.253 e. The molecule has 27 heavy (non-hydrogen) atoms. The van der Waals surface area contributed by atoms with E-state index in [1.807, 2.05) is 18.2 Å². The third kappa shape index (κ3) is 4.09. The van der Waals surface area contributed by atoms with Crippen LogP contribution in [0.2, 0.25) is 0 Å². The number of benzene rings is 1. The number of imidazole rings is 1. The van der Waals surface area contributed by atoms with E-state index in [4.69, 9.17) is 4.74 Å². The van der Waals surface area contributed by atoms with Gasteiger partial charge in [0.25, 0.3) is 5.91 Å². The lowest BCUT2D eigenvalue weighted by Gasteiger charge is -2.28. The lowest BCUT2D eigenvalue weighted by molar-refractivity contribution is -0.127. The number of nitrogens with zero attached hydrogens (tertiary/aromatic N) is 2. The van der Waals surface area contributed by atoms with Crippen molar-refractivity contribution >= 4 is 23.6 Å². The molecule has 1 atom stereocenters. The Labute approximate surface area is 157 Å². The molecule has 1 fully saturated rings. The number of aromatic amines is 1. The van der Waals surface area contributed by atoms with E-state index in [9.17, 15) is 9.59 Å². The minimum atomic E-state index is -0.355. The summed E-state index contributed by atoms with van der Waals surface area (Å²) in [5, 5.41) is 2.93. The Morgan fingerprint density at radius 2 is 2.26 bits per heavy atom. The van der Waals surface area contributed by atoms with Gasteiger partial charge in [0, 0.05) is 31.5 Å². The van der Waals surface area contributed by atoms with Crippen LogP contribution in [0, 0.1) is 0 Å². The van der Waals surface area contributed by atoms with Crippen molar-refractivity contribution in [2.75, 3.05) is 18.5 Å². The van der Waals surface area contributed by atoms with Gasteiger partial charge >= 0.3 is 0 Å². The average molecular weight is 366 g/mol. The van der Waals surface area contributed by atoms with E-state index in [2.05, 4.69) is 15.3 Å². The van der Waals surface area contributed by atoms with Crippen molar-refractivity contribution < 1.29 is 14.3 Å². The van der Waals surface area contributed by atoms with Crippen molar-refractivity contribution in [2.24, 2.45) is 0 Å². The molecule has 2 N–H and O–H groups in total. The second kappa shape index (κ2) is 7.75. The number of carbonyl (C=O) groups is 2. The minimum Gasteiger partial charge on any atom is -0.368 e. The van der Waals surface area contributed by atoms with Crippen LogP contribution in [0.1, 0.15) is 29.7 Å². The van der Waals surface area contributed by atoms with Gasteiger partial charge in [0.2, 0.25) is 5.91 Å². The van der Waals surface area contributed by atoms with Crippen molar-refractivity contribution in [3.05, 3.63) is 53.6 Å². The number of fused-ring (bicyclic) bond motifs is 1. The van der Waals surface area contributed by atoms with Crippen LogP contribution < -0.4 is 5.32 Å². The number of nitrogens with one attached hydrogen (secondary N) is 2. The number of carbonyl (C=O) groups excluding carboxylic acids is 2. The Balaban J connectivity index is 1.42. The zero-order valence-electron chi connectivity index (χ0n) is 15.0. The number of amides is 2. The summed E-state index contributed by atoms with van der Waals surface area (Å²) in [6.45, 7) is 1.86. The van der Waals surface area contributed by atoms with Gasteiger partial charge in [0.1, 0.15) is 6.10 Å². The third-order valence-electron chi connectivity index (χ3n) is 4.94. The van der Waals surface area contributed by atoms with Crippen LogP contribution in [0.15, 0.2) is 36.8 Å². The number of hydrogen-bond donors (Lipinski definition) is 2. The van der Waals surface area contributed by atoms with Crippen molar-refractivity contribution in [1.29, 1.82) is 0 Å². The van der Waals surface area contributed by atoms with Crippen molar-refractivity contribution in [3.63, 3.8) is 0 Å². The molecular formula is C20H22N4O3. The number of ether oxygens (including phenoxy) is 1. The van der Waals surface area contributed by atoms with Gasteiger partial charge in [-0.25, -0.2) is 4.98 Å². The Morgan fingerprint density at radius 3 is 3.04 bits per heavy atom. The normalized spacial score (nSPS) is 19.3. The number of H-pyrrole nitrogens is 1. The van der Waals surface area contributed by atoms with E-state index in [-0.39, 0.29) is 17.9 Å². The predicted molar refractivity (Wildman–Crippen MR) is 101 cm³/mol. The molecular weight excluding hydrogens is 344 g/mol. The molecule has 140 valence electrons. The highest BCUT2D eigenvalue weighted by Crippen LogP contribution is 2.24. The average Bonchev–Trinajstić information content (AvgIpc) is 3.39. The van der Waals surface area contributed by atoms with Crippen LogP contribution in [0.25, 0.3) is 6.08 Å². The molecule has 7 heteroatoms. The zero-order valence-corrected chi connectivity index (χ0v) is 15.0. The Kier molecular flexibility index (Phi) is 5.02. The van der Waals surface area contributed by atoms with Gasteiger partial charge in [-0.05, 0) is 48.6 Å². The zero-order chi connectivity index (χ0) is 18.6. The first-order valence-electron chi connectivity index (χ1n) is 9.19. The van der Waals surface area contributed by atoms with Gasteiger partial charge in [-0.3, -0.25) is 9.59 Å². The van der Waals surface area contributed by atoms with Gasteiger partial charge in [-0.2, -0.15) is 0 Å². The molecule has 0 saturated carbocycles. The molecule has 1 aromatic carbocycles. The summed E-state index contributed by atoms with van der Waals surface area (Å²) in [7, 11) is 0. The molecule has 2 aromatic rings. The van der Waals surface area contributed by atoms with E-state index in [0.29, 0.717) is 19.7 Å². The summed E-state index contributed by atoms with van der Waals surface area (Å²) in [6, 6.07) is 5.91. The first-order chi connectivity index (χ1) is 13.2. The monoisotopic (exact) mass is 366 g/mol. The maximum atomic E-state index is 12.5. The Morgan fingerprint density at radius 1 is 1.33 bits per heavy atom. The van der Waals surface area contributed by atoms with E-state index < -0.39 is 0 Å². The van der Waals surface area contributed by atoms with E-state index in [1.54, 1.807) is 29.6 Å². The van der Waals surface area contributed by atoms with Gasteiger partial charge in [-0.15, -0.1) is 0 Å². The fourth-order valence-corrected chi connectivity index (χ4v) is 3.45. The van der Waals surface area contributed by atoms with E-state index >= 15 is 0 Å². The van der Waals surface area contributed by atoms with Crippen molar-refractivity contribution in [2.45, 2.75) is 31.9 Å². The molecule has 2 aliphatic heterocycles. The van der Waals surface area contributed by atoms with Crippen LogP contribution in [-0.4, -0.2) is 45.9 Å². The molecule has 7 nitrogen and oxygen atoms in total. The van der Waals surface area contributed by atoms with Gasteiger partial charge in [-0.1, -0.05) is 6.07 Å². The standard InChI is InChI=1S/C20H22N4O3/c25-19(6-5-17-11-21-13-22-17)24-8-7-14-3-4-16(10-15(14)12-24)23-20(26)18-2-1-9-27-18/h3-6,10-11,13,18H,1-2,7-9,12H2,(H,21,22)(H,23,26)/b6-5+/t18-/m0/s1. The Bertz CT molecular complexity index is 854. The highest BCUT2D eigenvalue weighted by Gasteiger charge is 2.24. The summed E-state index contributed by atoms with van der Waals surface area (Å²) in [6.07, 6.45) is 8.66. The Hall–Kier alpha value is -2.93. The first kappa shape index (κ1) is 17.5. The highest BCUT2D eigenvalue weighted by atomic mass is 16.5. The second-order valence-electron chi connectivity index (χ2n) is 6.82.